The lowest BCUT2D eigenvalue weighted by molar-refractivity contribution is -0.137. The number of hydrogen-bond acceptors (Lipinski definition) is 5. The maximum Gasteiger partial charge on any atom is 0.416 e. The lowest BCUT2D eigenvalue weighted by Crippen LogP contribution is -2.42. The molecule has 5 nitrogen and oxygen atoms in total. The van der Waals surface area contributed by atoms with Gasteiger partial charge in [-0.25, -0.2) is 13.4 Å². The number of nitrogens with zero attached hydrogens (tertiary/aromatic N) is 2. The van der Waals surface area contributed by atoms with Crippen LogP contribution < -0.4 is 4.90 Å². The fourth-order valence-corrected chi connectivity index (χ4v) is 6.57. The highest BCUT2D eigenvalue weighted by Crippen LogP contribution is 2.43. The molecule has 0 bridgehead atoms. The topological polar surface area (TPSA) is 59.5 Å². The van der Waals surface area contributed by atoms with E-state index in [-0.39, 0.29) is 30.3 Å². The van der Waals surface area contributed by atoms with Crippen molar-refractivity contribution in [2.45, 2.75) is 74.3 Å². The van der Waals surface area contributed by atoms with Crippen LogP contribution in [0.1, 0.15) is 75.2 Å². The number of benzene rings is 1. The maximum absolute atomic E-state index is 13.7. The molecule has 0 saturated carbocycles. The van der Waals surface area contributed by atoms with E-state index in [4.69, 9.17) is 4.74 Å². The van der Waals surface area contributed by atoms with E-state index in [0.717, 1.165) is 49.4 Å². The Morgan fingerprint density at radius 1 is 1.15 bits per heavy atom. The highest BCUT2D eigenvalue weighted by molar-refractivity contribution is 7.92. The minimum Gasteiger partial charge on any atom is -0.373 e. The van der Waals surface area contributed by atoms with E-state index in [9.17, 15) is 21.6 Å². The molecule has 2 aromatic rings. The number of alkyl halides is 3. The van der Waals surface area contributed by atoms with Gasteiger partial charge in [0, 0.05) is 25.9 Å². The molecule has 34 heavy (non-hydrogen) atoms. The zero-order valence-electron chi connectivity index (χ0n) is 19.7. The number of rotatable bonds is 5. The Balaban J connectivity index is 1.63. The molecule has 0 aliphatic carbocycles. The molecule has 186 valence electrons. The smallest absolute Gasteiger partial charge is 0.373 e. The van der Waals surface area contributed by atoms with E-state index in [1.165, 1.54) is 6.07 Å². The average molecular weight is 497 g/mol. The number of halogens is 3. The third-order valence-electron chi connectivity index (χ3n) is 7.02. The molecule has 0 radical (unpaired) electrons. The van der Waals surface area contributed by atoms with Gasteiger partial charge in [-0.3, -0.25) is 0 Å². The molecular formula is C25H31F3N2O3S. The standard InChI is InChI=1S/C25H31F3N2O3S/c1-17(2)19-12-20(25(26,27)28)14-21(13-19)34(31,32)24(3)8-11-33-22(15-24)18-6-7-23(29-16-18)30-9-4-5-10-30/h6-7,12-14,16-17,22H,4-5,8-11,15H2,1-3H3. The van der Waals surface area contributed by atoms with Crippen LogP contribution in [-0.2, 0) is 20.8 Å². The van der Waals surface area contributed by atoms with Gasteiger partial charge >= 0.3 is 6.18 Å². The third-order valence-corrected chi connectivity index (χ3v) is 9.55. The number of ether oxygens (including phenoxy) is 1. The van der Waals surface area contributed by atoms with Gasteiger partial charge in [-0.1, -0.05) is 19.9 Å². The number of aromatic nitrogens is 1. The van der Waals surface area contributed by atoms with Crippen LogP contribution in [0.15, 0.2) is 41.4 Å². The monoisotopic (exact) mass is 496 g/mol. The summed E-state index contributed by atoms with van der Waals surface area (Å²) in [7, 11) is -4.07. The van der Waals surface area contributed by atoms with Gasteiger partial charge in [-0.05, 0) is 73.9 Å². The molecule has 0 spiro atoms. The van der Waals surface area contributed by atoms with Gasteiger partial charge in [-0.15, -0.1) is 0 Å². The third kappa shape index (κ3) is 4.82. The minimum atomic E-state index is -4.63. The van der Waals surface area contributed by atoms with E-state index in [1.54, 1.807) is 27.0 Å². The van der Waals surface area contributed by atoms with Crippen LogP contribution in [0.25, 0.3) is 0 Å². The largest absolute Gasteiger partial charge is 0.416 e. The Kier molecular flexibility index (Phi) is 6.72. The van der Waals surface area contributed by atoms with E-state index in [1.807, 2.05) is 12.1 Å². The van der Waals surface area contributed by atoms with Crippen molar-refractivity contribution in [2.75, 3.05) is 24.6 Å². The Morgan fingerprint density at radius 2 is 1.85 bits per heavy atom. The first-order valence-electron chi connectivity index (χ1n) is 11.7. The quantitative estimate of drug-likeness (QED) is 0.515. The molecule has 2 atom stereocenters. The number of sulfone groups is 1. The summed E-state index contributed by atoms with van der Waals surface area (Å²) < 4.78 is 72.7. The first kappa shape index (κ1) is 25.0. The number of pyridine rings is 1. The molecule has 3 heterocycles. The van der Waals surface area contributed by atoms with Crippen LogP contribution in [0.2, 0.25) is 0 Å². The molecule has 2 aliphatic heterocycles. The second-order valence-electron chi connectivity index (χ2n) is 9.85. The summed E-state index contributed by atoms with van der Waals surface area (Å²) in [5.41, 5.74) is 0.185. The molecule has 2 saturated heterocycles. The second kappa shape index (κ2) is 9.15. The van der Waals surface area contributed by atoms with Crippen molar-refractivity contribution in [3.8, 4) is 0 Å². The van der Waals surface area contributed by atoms with Gasteiger partial charge in [0.05, 0.1) is 21.3 Å². The van der Waals surface area contributed by atoms with E-state index in [0.29, 0.717) is 5.56 Å². The Morgan fingerprint density at radius 3 is 2.44 bits per heavy atom. The summed E-state index contributed by atoms with van der Waals surface area (Å²) in [6.07, 6.45) is -0.775. The summed E-state index contributed by atoms with van der Waals surface area (Å²) in [6, 6.07) is 7.02. The first-order chi connectivity index (χ1) is 15.9. The fraction of sp³-hybridized carbons (Fsp3) is 0.560. The van der Waals surface area contributed by atoms with Gasteiger partial charge in [0.15, 0.2) is 9.84 Å². The summed E-state index contributed by atoms with van der Waals surface area (Å²) in [5.74, 6) is 0.643. The Bertz CT molecular complexity index is 1130. The number of anilines is 1. The molecule has 4 rings (SSSR count). The van der Waals surface area contributed by atoms with Crippen molar-refractivity contribution in [2.24, 2.45) is 0 Å². The van der Waals surface area contributed by atoms with Crippen LogP contribution >= 0.6 is 0 Å². The van der Waals surface area contributed by atoms with Crippen LogP contribution in [-0.4, -0.2) is 37.8 Å². The van der Waals surface area contributed by atoms with Gasteiger partial charge in [0.1, 0.15) is 5.82 Å². The molecule has 1 aromatic heterocycles. The molecule has 2 unspecified atom stereocenters. The van der Waals surface area contributed by atoms with E-state index in [2.05, 4.69) is 9.88 Å². The van der Waals surface area contributed by atoms with Crippen molar-refractivity contribution >= 4 is 15.7 Å². The molecule has 0 amide bonds. The van der Waals surface area contributed by atoms with Gasteiger partial charge in [-0.2, -0.15) is 13.2 Å². The predicted octanol–water partition coefficient (Wildman–Crippen LogP) is 5.91. The van der Waals surface area contributed by atoms with Crippen LogP contribution in [0.5, 0.6) is 0 Å². The summed E-state index contributed by atoms with van der Waals surface area (Å²) in [4.78, 5) is 6.47. The predicted molar refractivity (Wildman–Crippen MR) is 125 cm³/mol. The van der Waals surface area contributed by atoms with Crippen LogP contribution in [0.3, 0.4) is 0 Å². The lowest BCUT2D eigenvalue weighted by atomic mass is 9.93. The van der Waals surface area contributed by atoms with E-state index >= 15 is 0 Å². The van der Waals surface area contributed by atoms with Gasteiger partial charge in [0.2, 0.25) is 0 Å². The van der Waals surface area contributed by atoms with Gasteiger partial charge < -0.3 is 9.64 Å². The summed E-state index contributed by atoms with van der Waals surface area (Å²) >= 11 is 0. The lowest BCUT2D eigenvalue weighted by Gasteiger charge is -2.38. The highest BCUT2D eigenvalue weighted by Gasteiger charge is 2.46. The summed E-state index contributed by atoms with van der Waals surface area (Å²) in [5, 5.41) is 0. The normalized spacial score (nSPS) is 24.1. The Labute approximate surface area is 199 Å². The minimum absolute atomic E-state index is 0.146. The zero-order valence-corrected chi connectivity index (χ0v) is 20.5. The van der Waals surface area contributed by atoms with Crippen molar-refractivity contribution < 1.29 is 26.3 Å². The maximum atomic E-state index is 13.7. The SMILES string of the molecule is CC(C)c1cc(C(F)(F)F)cc(S(=O)(=O)C2(C)CCOC(c3ccc(N4CCCC4)nc3)C2)c1. The first-order valence-corrected chi connectivity index (χ1v) is 13.2. The molecule has 9 heteroatoms. The van der Waals surface area contributed by atoms with Crippen molar-refractivity contribution in [3.05, 3.63) is 53.2 Å². The molecule has 0 N–H and O–H groups in total. The fourth-order valence-electron chi connectivity index (χ4n) is 4.71. The summed E-state index contributed by atoms with van der Waals surface area (Å²) in [6.45, 7) is 7.24. The van der Waals surface area contributed by atoms with Crippen molar-refractivity contribution in [1.82, 2.24) is 4.98 Å². The average Bonchev–Trinajstić information content (AvgIpc) is 3.33. The highest BCUT2D eigenvalue weighted by atomic mass is 32.2. The van der Waals surface area contributed by atoms with Crippen molar-refractivity contribution in [3.63, 3.8) is 0 Å². The molecule has 2 fully saturated rings. The second-order valence-corrected chi connectivity index (χ2v) is 12.3. The molecular weight excluding hydrogens is 465 g/mol. The Hall–Kier alpha value is -2.13. The zero-order chi connectivity index (χ0) is 24.7. The van der Waals surface area contributed by atoms with E-state index < -0.39 is 32.4 Å². The van der Waals surface area contributed by atoms with Gasteiger partial charge in [0.25, 0.3) is 0 Å². The van der Waals surface area contributed by atoms with Crippen LogP contribution in [0.4, 0.5) is 19.0 Å². The molecule has 1 aromatic carbocycles. The molecule has 2 aliphatic rings. The van der Waals surface area contributed by atoms with Crippen LogP contribution in [0, 0.1) is 0 Å². The van der Waals surface area contributed by atoms with Crippen molar-refractivity contribution in [1.29, 1.82) is 0 Å². The number of hydrogen-bond donors (Lipinski definition) is 0.